The standard InChI is InChI=1S/C18H25ClN2O4S/c1-13-2-5-15(6-3-13)20-18(22)14-4-7-16(19)17(12-14)26(23,24)21-8-10-25-11-9-21/h4,7,12-13,15H,2-3,5-6,8-11H2,1H3,(H,20,22). The molecule has 26 heavy (non-hydrogen) atoms. The van der Waals surface area contributed by atoms with Gasteiger partial charge in [0, 0.05) is 24.7 Å². The third-order valence-corrected chi connectivity index (χ3v) is 7.51. The summed E-state index contributed by atoms with van der Waals surface area (Å²) in [5.74, 6) is 0.448. The van der Waals surface area contributed by atoms with Crippen LogP contribution in [0.25, 0.3) is 0 Å². The van der Waals surface area contributed by atoms with Gasteiger partial charge in [-0.05, 0) is 49.8 Å². The number of benzene rings is 1. The molecule has 144 valence electrons. The van der Waals surface area contributed by atoms with Crippen molar-refractivity contribution in [2.75, 3.05) is 26.3 Å². The van der Waals surface area contributed by atoms with Crippen LogP contribution in [0.1, 0.15) is 43.0 Å². The van der Waals surface area contributed by atoms with Crippen LogP contribution < -0.4 is 5.32 Å². The number of carbonyl (C=O) groups is 1. The number of amides is 1. The van der Waals surface area contributed by atoms with Gasteiger partial charge < -0.3 is 10.1 Å². The summed E-state index contributed by atoms with van der Waals surface area (Å²) < 4.78 is 32.3. The highest BCUT2D eigenvalue weighted by molar-refractivity contribution is 7.89. The van der Waals surface area contributed by atoms with Gasteiger partial charge in [-0.2, -0.15) is 4.31 Å². The fourth-order valence-corrected chi connectivity index (χ4v) is 5.35. The molecule has 1 saturated heterocycles. The topological polar surface area (TPSA) is 75.7 Å². The molecule has 2 aliphatic rings. The minimum atomic E-state index is -3.75. The molecule has 3 rings (SSSR count). The molecule has 1 N–H and O–H groups in total. The lowest BCUT2D eigenvalue weighted by Gasteiger charge is -2.27. The predicted molar refractivity (Wildman–Crippen MR) is 99.9 cm³/mol. The number of sulfonamides is 1. The second-order valence-electron chi connectivity index (χ2n) is 7.09. The van der Waals surface area contributed by atoms with Crippen molar-refractivity contribution in [2.24, 2.45) is 5.92 Å². The SMILES string of the molecule is CC1CCC(NC(=O)c2ccc(Cl)c(S(=O)(=O)N3CCOCC3)c2)CC1. The Hall–Kier alpha value is -1.15. The smallest absolute Gasteiger partial charge is 0.251 e. The summed E-state index contributed by atoms with van der Waals surface area (Å²) in [5.41, 5.74) is 0.319. The second kappa shape index (κ2) is 8.25. The number of halogens is 1. The molecule has 1 saturated carbocycles. The molecule has 0 unspecified atom stereocenters. The maximum absolute atomic E-state index is 12.9. The van der Waals surface area contributed by atoms with Gasteiger partial charge in [0.25, 0.3) is 5.91 Å². The van der Waals surface area contributed by atoms with E-state index >= 15 is 0 Å². The fraction of sp³-hybridized carbons (Fsp3) is 0.611. The lowest BCUT2D eigenvalue weighted by molar-refractivity contribution is 0.0730. The highest BCUT2D eigenvalue weighted by atomic mass is 35.5. The number of carbonyl (C=O) groups excluding carboxylic acids is 1. The second-order valence-corrected chi connectivity index (χ2v) is 9.41. The van der Waals surface area contributed by atoms with E-state index in [4.69, 9.17) is 16.3 Å². The van der Waals surface area contributed by atoms with E-state index in [-0.39, 0.29) is 35.0 Å². The molecule has 1 amide bonds. The van der Waals surface area contributed by atoms with E-state index in [1.165, 1.54) is 16.4 Å². The first-order valence-electron chi connectivity index (χ1n) is 9.06. The zero-order valence-electron chi connectivity index (χ0n) is 14.9. The summed E-state index contributed by atoms with van der Waals surface area (Å²) in [4.78, 5) is 12.6. The number of morpholine rings is 1. The van der Waals surface area contributed by atoms with Crippen molar-refractivity contribution in [1.82, 2.24) is 9.62 Å². The van der Waals surface area contributed by atoms with E-state index in [1.54, 1.807) is 6.07 Å². The molecule has 1 aromatic carbocycles. The Morgan fingerprint density at radius 2 is 1.85 bits per heavy atom. The van der Waals surface area contributed by atoms with Gasteiger partial charge in [0.15, 0.2) is 0 Å². The summed E-state index contributed by atoms with van der Waals surface area (Å²) in [6, 6.07) is 4.58. The fourth-order valence-electron chi connectivity index (χ4n) is 3.44. The number of nitrogens with one attached hydrogen (secondary N) is 1. The van der Waals surface area contributed by atoms with Crippen molar-refractivity contribution in [2.45, 2.75) is 43.5 Å². The van der Waals surface area contributed by atoms with Crippen LogP contribution in [0.2, 0.25) is 5.02 Å². The van der Waals surface area contributed by atoms with Gasteiger partial charge in [-0.15, -0.1) is 0 Å². The van der Waals surface area contributed by atoms with E-state index in [0.717, 1.165) is 25.7 Å². The molecular formula is C18H25ClN2O4S. The summed E-state index contributed by atoms with van der Waals surface area (Å²) in [7, 11) is -3.75. The zero-order chi connectivity index (χ0) is 18.7. The number of rotatable bonds is 4. The van der Waals surface area contributed by atoms with Crippen LogP contribution >= 0.6 is 11.6 Å². The molecule has 2 fully saturated rings. The molecule has 6 nitrogen and oxygen atoms in total. The van der Waals surface area contributed by atoms with Crippen molar-refractivity contribution in [3.63, 3.8) is 0 Å². The molecule has 0 aromatic heterocycles. The van der Waals surface area contributed by atoms with Crippen LogP contribution in [-0.2, 0) is 14.8 Å². The molecular weight excluding hydrogens is 376 g/mol. The van der Waals surface area contributed by atoms with Gasteiger partial charge in [-0.1, -0.05) is 18.5 Å². The lowest BCUT2D eigenvalue weighted by atomic mass is 9.87. The third kappa shape index (κ3) is 4.39. The Bertz CT molecular complexity index is 754. The maximum Gasteiger partial charge on any atom is 0.251 e. The normalized spacial score (nSPS) is 25.0. The van der Waals surface area contributed by atoms with Crippen LogP contribution in [0.3, 0.4) is 0 Å². The molecule has 1 aliphatic heterocycles. The van der Waals surface area contributed by atoms with Crippen LogP contribution in [0.4, 0.5) is 0 Å². The van der Waals surface area contributed by atoms with Crippen molar-refractivity contribution in [3.8, 4) is 0 Å². The van der Waals surface area contributed by atoms with Gasteiger partial charge in [0.05, 0.1) is 18.2 Å². The average molecular weight is 401 g/mol. The average Bonchev–Trinajstić information content (AvgIpc) is 2.64. The molecule has 0 radical (unpaired) electrons. The molecule has 0 atom stereocenters. The van der Waals surface area contributed by atoms with E-state index in [1.807, 2.05) is 0 Å². The molecule has 0 spiro atoms. The first kappa shape index (κ1) is 19.6. The highest BCUT2D eigenvalue weighted by Gasteiger charge is 2.29. The maximum atomic E-state index is 12.9. The highest BCUT2D eigenvalue weighted by Crippen LogP contribution is 2.27. The Morgan fingerprint density at radius 3 is 2.50 bits per heavy atom. The van der Waals surface area contributed by atoms with Crippen molar-refractivity contribution in [3.05, 3.63) is 28.8 Å². The number of nitrogens with zero attached hydrogens (tertiary/aromatic N) is 1. The van der Waals surface area contributed by atoms with Crippen molar-refractivity contribution >= 4 is 27.5 Å². The number of ether oxygens (including phenoxy) is 1. The van der Waals surface area contributed by atoms with Crippen molar-refractivity contribution < 1.29 is 17.9 Å². The minimum absolute atomic E-state index is 0.0222. The summed E-state index contributed by atoms with van der Waals surface area (Å²) in [6.07, 6.45) is 4.11. The van der Waals surface area contributed by atoms with Gasteiger partial charge in [0.1, 0.15) is 4.90 Å². The van der Waals surface area contributed by atoms with E-state index < -0.39 is 10.0 Å². The quantitative estimate of drug-likeness (QED) is 0.843. The van der Waals surface area contributed by atoms with Crippen LogP contribution in [0.5, 0.6) is 0 Å². The van der Waals surface area contributed by atoms with Crippen molar-refractivity contribution in [1.29, 1.82) is 0 Å². The lowest BCUT2D eigenvalue weighted by Crippen LogP contribution is -2.41. The Labute approximate surface area is 159 Å². The zero-order valence-corrected chi connectivity index (χ0v) is 16.5. The first-order chi connectivity index (χ1) is 12.4. The Morgan fingerprint density at radius 1 is 1.19 bits per heavy atom. The number of hydrogen-bond acceptors (Lipinski definition) is 4. The van der Waals surface area contributed by atoms with Crippen LogP contribution in [-0.4, -0.2) is 51.0 Å². The molecule has 8 heteroatoms. The van der Waals surface area contributed by atoms with Crippen LogP contribution in [0, 0.1) is 5.92 Å². The summed E-state index contributed by atoms with van der Waals surface area (Å²) in [6.45, 7) is 3.51. The predicted octanol–water partition coefficient (Wildman–Crippen LogP) is 2.67. The minimum Gasteiger partial charge on any atom is -0.379 e. The molecule has 1 aromatic rings. The van der Waals surface area contributed by atoms with E-state index in [2.05, 4.69) is 12.2 Å². The third-order valence-electron chi connectivity index (χ3n) is 5.13. The Balaban J connectivity index is 1.77. The van der Waals surface area contributed by atoms with Gasteiger partial charge in [-0.3, -0.25) is 4.79 Å². The van der Waals surface area contributed by atoms with Gasteiger partial charge in [-0.25, -0.2) is 8.42 Å². The van der Waals surface area contributed by atoms with Crippen LogP contribution in [0.15, 0.2) is 23.1 Å². The van der Waals surface area contributed by atoms with E-state index in [9.17, 15) is 13.2 Å². The summed E-state index contributed by atoms with van der Waals surface area (Å²) >= 11 is 6.14. The van der Waals surface area contributed by atoms with E-state index in [0.29, 0.717) is 24.7 Å². The summed E-state index contributed by atoms with van der Waals surface area (Å²) in [5, 5.41) is 3.15. The van der Waals surface area contributed by atoms with Gasteiger partial charge in [0.2, 0.25) is 10.0 Å². The molecule has 0 bridgehead atoms. The molecule has 1 aliphatic carbocycles. The van der Waals surface area contributed by atoms with Gasteiger partial charge >= 0.3 is 0 Å². The monoisotopic (exact) mass is 400 g/mol. The largest absolute Gasteiger partial charge is 0.379 e. The Kier molecular flexibility index (Phi) is 6.22. The molecule has 1 heterocycles. The first-order valence-corrected chi connectivity index (χ1v) is 10.9. The number of hydrogen-bond donors (Lipinski definition) is 1.